The highest BCUT2D eigenvalue weighted by Crippen LogP contribution is 2.14. The molecule has 0 unspecified atom stereocenters. The van der Waals surface area contributed by atoms with E-state index in [0.717, 1.165) is 23.0 Å². The lowest BCUT2D eigenvalue weighted by Crippen LogP contribution is -2.15. The summed E-state index contributed by atoms with van der Waals surface area (Å²) in [6, 6.07) is 18.0. The predicted molar refractivity (Wildman–Crippen MR) is 126 cm³/mol. The number of benzene rings is 2. The van der Waals surface area contributed by atoms with Crippen molar-refractivity contribution in [1.82, 2.24) is 14.7 Å². The van der Waals surface area contributed by atoms with Crippen molar-refractivity contribution in [3.05, 3.63) is 82.0 Å². The van der Waals surface area contributed by atoms with Gasteiger partial charge in [0.25, 0.3) is 0 Å². The summed E-state index contributed by atoms with van der Waals surface area (Å²) in [6.07, 6.45) is 0.862. The van der Waals surface area contributed by atoms with E-state index < -0.39 is 11.9 Å². The number of rotatable bonds is 9. The van der Waals surface area contributed by atoms with Crippen LogP contribution < -0.4 is 10.5 Å². The number of nitrogens with two attached hydrogens (primary N) is 1. The van der Waals surface area contributed by atoms with E-state index in [-0.39, 0.29) is 5.69 Å². The molecule has 3 N–H and O–H groups in total. The van der Waals surface area contributed by atoms with Gasteiger partial charge in [0, 0.05) is 22.6 Å². The SMILES string of the molecule is CN(C)CCCOc1cc(C(=O)O)n(Cc2ccccc2)n1.NC(=O)c1ccc(Br)cc1. The van der Waals surface area contributed by atoms with Crippen LogP contribution in [0.15, 0.2) is 65.1 Å². The highest BCUT2D eigenvalue weighted by Gasteiger charge is 2.15. The fourth-order valence-corrected chi connectivity index (χ4v) is 2.95. The van der Waals surface area contributed by atoms with E-state index in [1.165, 1.54) is 10.7 Å². The molecule has 1 amide bonds. The van der Waals surface area contributed by atoms with Crippen LogP contribution in [0.3, 0.4) is 0 Å². The number of aromatic carboxylic acids is 1. The van der Waals surface area contributed by atoms with Crippen LogP contribution in [-0.2, 0) is 6.54 Å². The zero-order valence-electron chi connectivity index (χ0n) is 18.1. The van der Waals surface area contributed by atoms with Gasteiger partial charge in [-0.3, -0.25) is 4.79 Å². The standard InChI is InChI=1S/C16H21N3O3.C7H6BrNO/c1-18(2)9-6-10-22-15-11-14(16(20)21)19(17-15)12-13-7-4-3-5-8-13;8-6-3-1-5(2-4-6)7(9)10/h3-5,7-8,11H,6,9-10,12H2,1-2H3,(H,20,21);1-4H,(H2,9,10). The summed E-state index contributed by atoms with van der Waals surface area (Å²) in [5, 5.41) is 13.5. The van der Waals surface area contributed by atoms with Crippen LogP contribution in [0.4, 0.5) is 0 Å². The monoisotopic (exact) mass is 502 g/mol. The van der Waals surface area contributed by atoms with Crippen LogP contribution in [0, 0.1) is 0 Å². The molecular weight excluding hydrogens is 476 g/mol. The smallest absolute Gasteiger partial charge is 0.354 e. The molecule has 2 aromatic carbocycles. The Morgan fingerprint density at radius 3 is 2.34 bits per heavy atom. The van der Waals surface area contributed by atoms with Gasteiger partial charge in [-0.1, -0.05) is 46.3 Å². The topological polar surface area (TPSA) is 111 Å². The van der Waals surface area contributed by atoms with Crippen LogP contribution >= 0.6 is 15.9 Å². The summed E-state index contributed by atoms with van der Waals surface area (Å²) < 4.78 is 7.94. The first-order valence-corrected chi connectivity index (χ1v) is 10.7. The number of carboxylic acids is 1. The molecule has 9 heteroatoms. The second-order valence-corrected chi connectivity index (χ2v) is 8.11. The van der Waals surface area contributed by atoms with Crippen molar-refractivity contribution in [2.24, 2.45) is 5.73 Å². The van der Waals surface area contributed by atoms with E-state index in [9.17, 15) is 14.7 Å². The minimum atomic E-state index is -1.01. The summed E-state index contributed by atoms with van der Waals surface area (Å²) >= 11 is 3.24. The number of hydrogen-bond donors (Lipinski definition) is 2. The molecule has 3 rings (SSSR count). The minimum Gasteiger partial charge on any atom is -0.477 e. The first-order chi connectivity index (χ1) is 15.3. The zero-order chi connectivity index (χ0) is 23.5. The van der Waals surface area contributed by atoms with Gasteiger partial charge in [0.2, 0.25) is 11.8 Å². The Balaban J connectivity index is 0.000000303. The van der Waals surface area contributed by atoms with Crippen molar-refractivity contribution in [2.45, 2.75) is 13.0 Å². The molecule has 170 valence electrons. The molecule has 0 spiro atoms. The lowest BCUT2D eigenvalue weighted by molar-refractivity contribution is 0.0683. The van der Waals surface area contributed by atoms with Crippen LogP contribution in [0.25, 0.3) is 0 Å². The number of aromatic nitrogens is 2. The number of amides is 1. The predicted octanol–water partition coefficient (Wildman–Crippen LogP) is 3.51. The summed E-state index contributed by atoms with van der Waals surface area (Å²) in [7, 11) is 3.99. The molecule has 0 aliphatic rings. The Hall–Kier alpha value is -3.17. The Bertz CT molecular complexity index is 1000. The summed E-state index contributed by atoms with van der Waals surface area (Å²) in [6.45, 7) is 1.83. The van der Waals surface area contributed by atoms with Gasteiger partial charge < -0.3 is 20.5 Å². The Kier molecular flexibility index (Phi) is 9.90. The van der Waals surface area contributed by atoms with Gasteiger partial charge >= 0.3 is 5.97 Å². The number of primary amides is 1. The van der Waals surface area contributed by atoms with E-state index in [4.69, 9.17) is 10.5 Å². The molecule has 0 saturated carbocycles. The fourth-order valence-electron chi connectivity index (χ4n) is 2.68. The van der Waals surface area contributed by atoms with Crippen molar-refractivity contribution in [1.29, 1.82) is 0 Å². The molecule has 0 atom stereocenters. The van der Waals surface area contributed by atoms with Crippen LogP contribution in [0.1, 0.15) is 32.8 Å². The number of carboxylic acid groups (broad SMARTS) is 1. The third kappa shape index (κ3) is 8.52. The summed E-state index contributed by atoms with van der Waals surface area (Å²) in [5.41, 5.74) is 6.66. The molecule has 1 heterocycles. The fraction of sp³-hybridized carbons (Fsp3) is 0.261. The zero-order valence-corrected chi connectivity index (χ0v) is 19.7. The normalized spacial score (nSPS) is 10.4. The van der Waals surface area contributed by atoms with Crippen molar-refractivity contribution in [3.8, 4) is 5.88 Å². The highest BCUT2D eigenvalue weighted by molar-refractivity contribution is 9.10. The first-order valence-electron chi connectivity index (χ1n) is 9.94. The maximum atomic E-state index is 11.3. The van der Waals surface area contributed by atoms with Crippen molar-refractivity contribution in [2.75, 3.05) is 27.2 Å². The van der Waals surface area contributed by atoms with Crippen LogP contribution in [0.5, 0.6) is 5.88 Å². The van der Waals surface area contributed by atoms with Gasteiger partial charge in [0.1, 0.15) is 0 Å². The molecule has 0 aliphatic heterocycles. The highest BCUT2D eigenvalue weighted by atomic mass is 79.9. The molecule has 0 fully saturated rings. The van der Waals surface area contributed by atoms with E-state index in [1.54, 1.807) is 24.3 Å². The van der Waals surface area contributed by atoms with Gasteiger partial charge in [-0.15, -0.1) is 5.10 Å². The molecule has 0 aliphatic carbocycles. The lowest BCUT2D eigenvalue weighted by Gasteiger charge is -2.08. The molecule has 0 radical (unpaired) electrons. The third-order valence-corrected chi connectivity index (χ3v) is 4.81. The van der Waals surface area contributed by atoms with Gasteiger partial charge in [-0.25, -0.2) is 9.48 Å². The summed E-state index contributed by atoms with van der Waals surface area (Å²) in [5.74, 6) is -1.05. The number of carbonyl (C=O) groups is 2. The number of nitrogens with zero attached hydrogens (tertiary/aromatic N) is 3. The molecule has 32 heavy (non-hydrogen) atoms. The number of carbonyl (C=O) groups excluding carboxylic acids is 1. The second kappa shape index (κ2) is 12.6. The van der Waals surface area contributed by atoms with E-state index in [2.05, 4.69) is 25.9 Å². The molecule has 8 nitrogen and oxygen atoms in total. The molecule has 1 aromatic heterocycles. The Labute approximate surface area is 195 Å². The molecule has 3 aromatic rings. The number of ether oxygens (including phenoxy) is 1. The van der Waals surface area contributed by atoms with Gasteiger partial charge in [0.05, 0.1) is 13.2 Å². The molecule has 0 bridgehead atoms. The molecular formula is C23H27BrN4O4. The van der Waals surface area contributed by atoms with Crippen molar-refractivity contribution < 1.29 is 19.4 Å². The van der Waals surface area contributed by atoms with E-state index >= 15 is 0 Å². The van der Waals surface area contributed by atoms with Gasteiger partial charge in [-0.2, -0.15) is 0 Å². The van der Waals surface area contributed by atoms with Crippen molar-refractivity contribution in [3.63, 3.8) is 0 Å². The van der Waals surface area contributed by atoms with Gasteiger partial charge in [-0.05, 0) is 50.3 Å². The Morgan fingerprint density at radius 1 is 1.12 bits per heavy atom. The van der Waals surface area contributed by atoms with Gasteiger partial charge in [0.15, 0.2) is 5.69 Å². The second-order valence-electron chi connectivity index (χ2n) is 7.19. The van der Waals surface area contributed by atoms with Crippen LogP contribution in [-0.4, -0.2) is 58.9 Å². The Morgan fingerprint density at radius 2 is 1.78 bits per heavy atom. The van der Waals surface area contributed by atoms with Crippen LogP contribution in [0.2, 0.25) is 0 Å². The number of halogens is 1. The molecule has 0 saturated heterocycles. The van der Waals surface area contributed by atoms with Crippen molar-refractivity contribution >= 4 is 27.8 Å². The van der Waals surface area contributed by atoms with E-state index in [0.29, 0.717) is 24.6 Å². The largest absolute Gasteiger partial charge is 0.477 e. The third-order valence-electron chi connectivity index (χ3n) is 4.28. The average Bonchev–Trinajstić information content (AvgIpc) is 3.15. The summed E-state index contributed by atoms with van der Waals surface area (Å²) in [4.78, 5) is 23.9. The van der Waals surface area contributed by atoms with E-state index in [1.807, 2.05) is 44.4 Å². The number of hydrogen-bond acceptors (Lipinski definition) is 5. The maximum Gasteiger partial charge on any atom is 0.354 e. The quantitative estimate of drug-likeness (QED) is 0.433. The average molecular weight is 503 g/mol. The lowest BCUT2D eigenvalue weighted by atomic mass is 10.2. The maximum absolute atomic E-state index is 11.3. The first kappa shape index (κ1) is 25.1. The minimum absolute atomic E-state index is 0.131.